The Kier molecular flexibility index (Phi) is 7.33. The highest BCUT2D eigenvalue weighted by atomic mass is 35.5. The van der Waals surface area contributed by atoms with Crippen LogP contribution in [-0.4, -0.2) is 22.6 Å². The van der Waals surface area contributed by atoms with E-state index in [-0.39, 0.29) is 27.8 Å². The van der Waals surface area contributed by atoms with Crippen molar-refractivity contribution in [2.24, 2.45) is 0 Å². The van der Waals surface area contributed by atoms with Gasteiger partial charge in [-0.3, -0.25) is 4.79 Å². The van der Waals surface area contributed by atoms with Crippen molar-refractivity contribution in [3.63, 3.8) is 0 Å². The highest BCUT2D eigenvalue weighted by molar-refractivity contribution is 6.35. The lowest BCUT2D eigenvalue weighted by molar-refractivity contribution is -0.137. The number of aryl methyl sites for hydroxylation is 1. The predicted octanol–water partition coefficient (Wildman–Crippen LogP) is 7.50. The van der Waals surface area contributed by atoms with Crippen molar-refractivity contribution in [3.8, 4) is 11.6 Å². The number of amides is 1. The number of carbonyl (C=O) groups is 1. The number of halogens is 6. The fourth-order valence-electron chi connectivity index (χ4n) is 3.45. The molecule has 4 rings (SSSR count). The molecule has 0 spiro atoms. The van der Waals surface area contributed by atoms with E-state index in [0.29, 0.717) is 21.5 Å². The second-order valence-corrected chi connectivity index (χ2v) is 8.66. The minimum atomic E-state index is -4.60. The molecule has 0 radical (unpaired) electrons. The van der Waals surface area contributed by atoms with Gasteiger partial charge in [-0.25, -0.2) is 4.39 Å². The third-order valence-electron chi connectivity index (χ3n) is 5.33. The summed E-state index contributed by atoms with van der Waals surface area (Å²) in [5.74, 6) is -1.23. The third kappa shape index (κ3) is 5.52. The molecule has 0 aliphatic rings. The van der Waals surface area contributed by atoms with Crippen LogP contribution < -0.4 is 10.1 Å². The van der Waals surface area contributed by atoms with Gasteiger partial charge in [-0.2, -0.15) is 13.2 Å². The summed E-state index contributed by atoms with van der Waals surface area (Å²) in [6, 6.07) is 13.8. The fourth-order valence-corrected chi connectivity index (χ4v) is 3.98. The van der Waals surface area contributed by atoms with Gasteiger partial charge < -0.3 is 10.1 Å². The van der Waals surface area contributed by atoms with Gasteiger partial charge in [0.2, 0.25) is 0 Å². The lowest BCUT2D eigenvalue weighted by atomic mass is 10.1. The molecule has 0 aliphatic carbocycles. The van der Waals surface area contributed by atoms with Crippen molar-refractivity contribution in [2.75, 3.05) is 6.54 Å². The van der Waals surface area contributed by atoms with Gasteiger partial charge in [-0.05, 0) is 42.8 Å². The zero-order valence-corrected chi connectivity index (χ0v) is 20.0. The maximum atomic E-state index is 14.9. The first-order chi connectivity index (χ1) is 17.0. The lowest BCUT2D eigenvalue weighted by Gasteiger charge is -2.16. The molecule has 186 valence electrons. The molecule has 4 aromatic rings. The number of hydrogen-bond acceptors (Lipinski definition) is 4. The van der Waals surface area contributed by atoms with Crippen LogP contribution in [0.1, 0.15) is 33.2 Å². The molecule has 0 saturated carbocycles. The van der Waals surface area contributed by atoms with Crippen LogP contribution in [0, 0.1) is 6.92 Å². The average molecular weight is 538 g/mol. The van der Waals surface area contributed by atoms with Gasteiger partial charge in [0.05, 0.1) is 17.6 Å². The van der Waals surface area contributed by atoms with Gasteiger partial charge in [-0.1, -0.05) is 53.5 Å². The zero-order chi connectivity index (χ0) is 26.0. The number of benzene rings is 3. The van der Waals surface area contributed by atoms with E-state index in [2.05, 4.69) is 15.5 Å². The van der Waals surface area contributed by atoms with E-state index in [0.717, 1.165) is 12.1 Å². The van der Waals surface area contributed by atoms with E-state index in [9.17, 15) is 22.4 Å². The highest BCUT2D eigenvalue weighted by Crippen LogP contribution is 2.36. The predicted molar refractivity (Wildman–Crippen MR) is 128 cm³/mol. The Hall–Kier alpha value is -3.43. The summed E-state index contributed by atoms with van der Waals surface area (Å²) in [6.45, 7) is 1.10. The van der Waals surface area contributed by atoms with Crippen molar-refractivity contribution in [1.29, 1.82) is 0 Å². The molecule has 36 heavy (non-hydrogen) atoms. The van der Waals surface area contributed by atoms with Gasteiger partial charge in [0.1, 0.15) is 17.5 Å². The van der Waals surface area contributed by atoms with Crippen LogP contribution in [0.4, 0.5) is 17.6 Å². The van der Waals surface area contributed by atoms with E-state index >= 15 is 0 Å². The molecule has 0 bridgehead atoms. The SMILES string of the molecule is Cc1ccc(C(F)(F)F)cc1Oc1nnc2ccccc2c1C(=O)NC[C@H](F)c1ccc(Cl)cc1Cl. The van der Waals surface area contributed by atoms with Gasteiger partial charge >= 0.3 is 6.18 Å². The molecule has 5 nitrogen and oxygen atoms in total. The Bertz CT molecular complexity index is 1450. The fraction of sp³-hybridized carbons (Fsp3) is 0.160. The number of hydrogen-bond donors (Lipinski definition) is 1. The van der Waals surface area contributed by atoms with Crippen molar-refractivity contribution in [3.05, 3.63) is 93.0 Å². The summed E-state index contributed by atoms with van der Waals surface area (Å²) in [4.78, 5) is 13.2. The first-order valence-corrected chi connectivity index (χ1v) is 11.3. The number of carbonyl (C=O) groups excluding carboxylic acids is 1. The van der Waals surface area contributed by atoms with Crippen LogP contribution >= 0.6 is 23.2 Å². The smallest absolute Gasteiger partial charge is 0.416 e. The second-order valence-electron chi connectivity index (χ2n) is 7.82. The largest absolute Gasteiger partial charge is 0.437 e. The van der Waals surface area contributed by atoms with E-state index < -0.39 is 30.4 Å². The number of ether oxygens (including phenoxy) is 1. The standard InChI is InChI=1S/C25H17Cl2F4N3O2/c1-13-6-7-14(25(29,30)31)10-21(13)36-24-22(17-4-2-3-5-20(17)33-34-24)23(35)32-12-19(28)16-9-8-15(26)11-18(16)27/h2-11,19H,12H2,1H3,(H,32,35)/t19-/m0/s1. The Morgan fingerprint density at radius 2 is 1.81 bits per heavy atom. The summed E-state index contributed by atoms with van der Waals surface area (Å²) in [5.41, 5.74) is -0.177. The molecule has 0 fully saturated rings. The highest BCUT2D eigenvalue weighted by Gasteiger charge is 2.31. The van der Waals surface area contributed by atoms with E-state index in [4.69, 9.17) is 27.9 Å². The van der Waals surface area contributed by atoms with Crippen molar-refractivity contribution in [2.45, 2.75) is 19.3 Å². The topological polar surface area (TPSA) is 64.1 Å². The minimum absolute atomic E-state index is 0.101. The number of alkyl halides is 4. The first kappa shape index (κ1) is 25.7. The molecule has 1 amide bonds. The summed E-state index contributed by atoms with van der Waals surface area (Å²) >= 11 is 11.9. The molecule has 1 aromatic heterocycles. The van der Waals surface area contributed by atoms with Crippen LogP contribution in [-0.2, 0) is 6.18 Å². The Balaban J connectivity index is 1.67. The molecule has 3 aromatic carbocycles. The molecule has 1 atom stereocenters. The molecule has 1 N–H and O–H groups in total. The molecule has 0 saturated heterocycles. The van der Waals surface area contributed by atoms with Crippen LogP contribution in [0.5, 0.6) is 11.6 Å². The minimum Gasteiger partial charge on any atom is -0.437 e. The lowest BCUT2D eigenvalue weighted by Crippen LogP contribution is -2.28. The van der Waals surface area contributed by atoms with E-state index in [1.807, 2.05) is 0 Å². The van der Waals surface area contributed by atoms with Crippen molar-refractivity contribution < 1.29 is 27.1 Å². The monoisotopic (exact) mass is 537 g/mol. The molecule has 1 heterocycles. The second kappa shape index (κ2) is 10.3. The molecular formula is C25H17Cl2F4N3O2. The van der Waals surface area contributed by atoms with Crippen LogP contribution in [0.3, 0.4) is 0 Å². The average Bonchev–Trinajstić information content (AvgIpc) is 2.82. The number of nitrogens with one attached hydrogen (secondary N) is 1. The number of aromatic nitrogens is 2. The van der Waals surface area contributed by atoms with Gasteiger partial charge in [-0.15, -0.1) is 10.2 Å². The molecular weight excluding hydrogens is 521 g/mol. The number of nitrogens with zero attached hydrogens (tertiary/aromatic N) is 2. The molecule has 11 heteroatoms. The van der Waals surface area contributed by atoms with Crippen LogP contribution in [0.15, 0.2) is 60.7 Å². The third-order valence-corrected chi connectivity index (χ3v) is 5.89. The van der Waals surface area contributed by atoms with Crippen molar-refractivity contribution >= 4 is 40.0 Å². The summed E-state index contributed by atoms with van der Waals surface area (Å²) in [5, 5.41) is 11.2. The summed E-state index contributed by atoms with van der Waals surface area (Å²) in [7, 11) is 0. The number of fused-ring (bicyclic) bond motifs is 1. The van der Waals surface area contributed by atoms with E-state index in [1.54, 1.807) is 31.2 Å². The maximum absolute atomic E-state index is 14.9. The Morgan fingerprint density at radius 1 is 1.06 bits per heavy atom. The summed E-state index contributed by atoms with van der Waals surface area (Å²) < 4.78 is 60.2. The molecule has 0 unspecified atom stereocenters. The maximum Gasteiger partial charge on any atom is 0.416 e. The normalized spacial score (nSPS) is 12.4. The quantitative estimate of drug-likeness (QED) is 0.258. The molecule has 0 aliphatic heterocycles. The zero-order valence-electron chi connectivity index (χ0n) is 18.5. The number of rotatable bonds is 6. The Labute approximate surface area is 213 Å². The van der Waals surface area contributed by atoms with Gasteiger partial charge in [0, 0.05) is 21.0 Å². The Morgan fingerprint density at radius 3 is 2.53 bits per heavy atom. The first-order valence-electron chi connectivity index (χ1n) is 10.5. The summed E-state index contributed by atoms with van der Waals surface area (Å²) in [6.07, 6.45) is -6.25. The van der Waals surface area contributed by atoms with E-state index in [1.165, 1.54) is 24.3 Å². The van der Waals surface area contributed by atoms with Crippen LogP contribution in [0.25, 0.3) is 10.9 Å². The van der Waals surface area contributed by atoms with Gasteiger partial charge in [0.25, 0.3) is 11.8 Å². The van der Waals surface area contributed by atoms with Gasteiger partial charge in [0.15, 0.2) is 0 Å². The van der Waals surface area contributed by atoms with Crippen molar-refractivity contribution in [1.82, 2.24) is 15.5 Å². The van der Waals surface area contributed by atoms with Crippen LogP contribution in [0.2, 0.25) is 10.0 Å².